The monoisotopic (exact) mass is 311 g/mol. The van der Waals surface area contributed by atoms with Gasteiger partial charge in [-0.2, -0.15) is 0 Å². The normalized spacial score (nSPS) is 10.5. The van der Waals surface area contributed by atoms with E-state index in [1.54, 1.807) is 0 Å². The van der Waals surface area contributed by atoms with E-state index >= 15 is 0 Å². The van der Waals surface area contributed by atoms with Crippen LogP contribution in [0.3, 0.4) is 0 Å². The lowest BCUT2D eigenvalue weighted by Crippen LogP contribution is -1.96. The quantitative estimate of drug-likeness (QED) is 0.528. The molecular weight excluding hydrogens is 298 g/mol. The van der Waals surface area contributed by atoms with Gasteiger partial charge in [-0.1, -0.05) is 17.7 Å². The van der Waals surface area contributed by atoms with Crippen molar-refractivity contribution < 1.29 is 14.1 Å². The molecule has 0 aliphatic heterocycles. The third-order valence-electron chi connectivity index (χ3n) is 3.14. The van der Waals surface area contributed by atoms with E-state index in [1.165, 1.54) is 24.3 Å². The zero-order chi connectivity index (χ0) is 16.2. The highest BCUT2D eigenvalue weighted by Gasteiger charge is 2.10. The van der Waals surface area contributed by atoms with E-state index in [4.69, 9.17) is 9.15 Å². The number of non-ortho nitro benzene ring substituents is 1. The van der Waals surface area contributed by atoms with Gasteiger partial charge in [-0.25, -0.2) is 0 Å². The van der Waals surface area contributed by atoms with Crippen LogP contribution in [0.15, 0.2) is 52.9 Å². The smallest absolute Gasteiger partial charge is 0.269 e. The number of benzene rings is 2. The van der Waals surface area contributed by atoms with E-state index < -0.39 is 4.92 Å². The minimum absolute atomic E-state index is 0.0110. The number of nitrogens with zero attached hydrogens (tertiary/aromatic N) is 3. The summed E-state index contributed by atoms with van der Waals surface area (Å²) in [6.45, 7) is 2.08. The summed E-state index contributed by atoms with van der Waals surface area (Å²) in [6, 6.07) is 13.5. The maximum absolute atomic E-state index is 10.6. The SMILES string of the molecule is Cc1cccc(-c2nnc(COc3ccc([N+](=O)[O-])cc3)o2)c1. The number of hydrogen-bond donors (Lipinski definition) is 0. The van der Waals surface area contributed by atoms with Crippen LogP contribution in [-0.4, -0.2) is 15.1 Å². The number of nitro groups is 1. The Labute approximate surface area is 131 Å². The molecule has 1 aromatic heterocycles. The minimum atomic E-state index is -0.462. The summed E-state index contributed by atoms with van der Waals surface area (Å²) < 4.78 is 11.0. The second kappa shape index (κ2) is 6.27. The molecule has 0 unspecified atom stereocenters. The van der Waals surface area contributed by atoms with Gasteiger partial charge in [0.05, 0.1) is 4.92 Å². The summed E-state index contributed by atoms with van der Waals surface area (Å²) in [5, 5.41) is 18.5. The van der Waals surface area contributed by atoms with E-state index in [-0.39, 0.29) is 12.3 Å². The van der Waals surface area contributed by atoms with Crippen LogP contribution in [0.5, 0.6) is 5.75 Å². The van der Waals surface area contributed by atoms with Gasteiger partial charge in [-0.15, -0.1) is 10.2 Å². The van der Waals surface area contributed by atoms with Crippen LogP contribution in [0.25, 0.3) is 11.5 Å². The van der Waals surface area contributed by atoms with E-state index in [9.17, 15) is 10.1 Å². The molecule has 1 heterocycles. The standard InChI is InChI=1S/C16H13N3O4/c1-11-3-2-4-12(9-11)16-18-17-15(23-16)10-22-14-7-5-13(6-8-14)19(20)21/h2-9H,10H2,1H3. The highest BCUT2D eigenvalue weighted by Crippen LogP contribution is 2.21. The molecule has 0 saturated carbocycles. The second-order valence-corrected chi connectivity index (χ2v) is 4.91. The maximum atomic E-state index is 10.6. The lowest BCUT2D eigenvalue weighted by molar-refractivity contribution is -0.384. The van der Waals surface area contributed by atoms with Gasteiger partial charge in [0, 0.05) is 17.7 Å². The molecule has 116 valence electrons. The van der Waals surface area contributed by atoms with Crippen LogP contribution in [-0.2, 0) is 6.61 Å². The average Bonchev–Trinajstić information content (AvgIpc) is 3.02. The number of hydrogen-bond acceptors (Lipinski definition) is 6. The Balaban J connectivity index is 1.66. The molecule has 0 radical (unpaired) electrons. The summed E-state index contributed by atoms with van der Waals surface area (Å²) in [5.41, 5.74) is 1.96. The first-order valence-electron chi connectivity index (χ1n) is 6.88. The zero-order valence-electron chi connectivity index (χ0n) is 12.3. The number of ether oxygens (including phenoxy) is 1. The van der Waals surface area contributed by atoms with Crippen molar-refractivity contribution >= 4 is 5.69 Å². The molecule has 0 aliphatic rings. The summed E-state index contributed by atoms with van der Waals surface area (Å²) in [7, 11) is 0. The summed E-state index contributed by atoms with van der Waals surface area (Å²) in [4.78, 5) is 10.1. The van der Waals surface area contributed by atoms with Crippen molar-refractivity contribution in [1.29, 1.82) is 0 Å². The molecule has 3 aromatic rings. The van der Waals surface area contributed by atoms with E-state index in [0.717, 1.165) is 11.1 Å². The van der Waals surface area contributed by atoms with Crippen molar-refractivity contribution in [2.45, 2.75) is 13.5 Å². The van der Waals surface area contributed by atoms with Crippen LogP contribution in [0, 0.1) is 17.0 Å². The Kier molecular flexibility index (Phi) is 4.01. The number of aromatic nitrogens is 2. The van der Waals surface area contributed by atoms with Gasteiger partial charge in [0.2, 0.25) is 5.89 Å². The third kappa shape index (κ3) is 3.52. The van der Waals surface area contributed by atoms with Crippen molar-refractivity contribution in [2.75, 3.05) is 0 Å². The third-order valence-corrected chi connectivity index (χ3v) is 3.14. The van der Waals surface area contributed by atoms with E-state index in [2.05, 4.69) is 10.2 Å². The Morgan fingerprint density at radius 2 is 1.96 bits per heavy atom. The van der Waals surface area contributed by atoms with Crippen LogP contribution in [0.4, 0.5) is 5.69 Å². The largest absolute Gasteiger partial charge is 0.484 e. The molecular formula is C16H13N3O4. The molecule has 7 heteroatoms. The number of rotatable bonds is 5. The van der Waals surface area contributed by atoms with Gasteiger partial charge in [-0.05, 0) is 31.2 Å². The zero-order valence-corrected chi connectivity index (χ0v) is 12.3. The fourth-order valence-corrected chi connectivity index (χ4v) is 2.02. The first-order valence-corrected chi connectivity index (χ1v) is 6.88. The van der Waals surface area contributed by atoms with Crippen LogP contribution < -0.4 is 4.74 Å². The molecule has 0 aliphatic carbocycles. The molecule has 23 heavy (non-hydrogen) atoms. The fraction of sp³-hybridized carbons (Fsp3) is 0.125. The van der Waals surface area contributed by atoms with Crippen molar-refractivity contribution in [1.82, 2.24) is 10.2 Å². The van der Waals surface area contributed by atoms with Gasteiger partial charge in [-0.3, -0.25) is 10.1 Å². The molecule has 2 aromatic carbocycles. The van der Waals surface area contributed by atoms with Crippen molar-refractivity contribution in [3.05, 3.63) is 70.1 Å². The fourth-order valence-electron chi connectivity index (χ4n) is 2.02. The molecule has 0 fully saturated rings. The Bertz CT molecular complexity index is 827. The lowest BCUT2D eigenvalue weighted by Gasteiger charge is -2.02. The first-order chi connectivity index (χ1) is 11.1. The predicted octanol–water partition coefficient (Wildman–Crippen LogP) is 3.53. The van der Waals surface area contributed by atoms with Crippen molar-refractivity contribution in [3.8, 4) is 17.2 Å². The average molecular weight is 311 g/mol. The molecule has 0 bridgehead atoms. The van der Waals surface area contributed by atoms with Gasteiger partial charge in [0.25, 0.3) is 11.6 Å². The number of nitro benzene ring substituents is 1. The minimum Gasteiger partial charge on any atom is -0.484 e. The highest BCUT2D eigenvalue weighted by molar-refractivity contribution is 5.53. The second-order valence-electron chi connectivity index (χ2n) is 4.91. The Hall–Kier alpha value is -3.22. The molecule has 0 spiro atoms. The number of aryl methyl sites for hydroxylation is 1. The summed E-state index contributed by atoms with van der Waals surface area (Å²) in [5.74, 6) is 1.25. The van der Waals surface area contributed by atoms with Gasteiger partial charge in [0.15, 0.2) is 6.61 Å². The van der Waals surface area contributed by atoms with Gasteiger partial charge in [0.1, 0.15) is 5.75 Å². The molecule has 0 N–H and O–H groups in total. The van der Waals surface area contributed by atoms with Crippen LogP contribution in [0.2, 0.25) is 0 Å². The van der Waals surface area contributed by atoms with E-state index in [0.29, 0.717) is 17.5 Å². The van der Waals surface area contributed by atoms with Gasteiger partial charge < -0.3 is 9.15 Å². The van der Waals surface area contributed by atoms with Crippen molar-refractivity contribution in [2.24, 2.45) is 0 Å². The van der Waals surface area contributed by atoms with Crippen LogP contribution >= 0.6 is 0 Å². The Morgan fingerprint density at radius 1 is 1.17 bits per heavy atom. The summed E-state index contributed by atoms with van der Waals surface area (Å²) >= 11 is 0. The topological polar surface area (TPSA) is 91.3 Å². The van der Waals surface area contributed by atoms with Crippen LogP contribution in [0.1, 0.15) is 11.5 Å². The van der Waals surface area contributed by atoms with Crippen molar-refractivity contribution in [3.63, 3.8) is 0 Å². The highest BCUT2D eigenvalue weighted by atomic mass is 16.6. The summed E-state index contributed by atoms with van der Waals surface area (Å²) in [6.07, 6.45) is 0. The Morgan fingerprint density at radius 3 is 2.65 bits per heavy atom. The van der Waals surface area contributed by atoms with Gasteiger partial charge >= 0.3 is 0 Å². The first kappa shape index (κ1) is 14.7. The molecule has 7 nitrogen and oxygen atoms in total. The predicted molar refractivity (Wildman–Crippen MR) is 81.9 cm³/mol. The van der Waals surface area contributed by atoms with E-state index in [1.807, 2.05) is 31.2 Å². The lowest BCUT2D eigenvalue weighted by atomic mass is 10.1. The molecule has 3 rings (SSSR count). The maximum Gasteiger partial charge on any atom is 0.269 e. The molecule has 0 saturated heterocycles. The molecule has 0 atom stereocenters. The molecule has 0 amide bonds.